The van der Waals surface area contributed by atoms with Crippen LogP contribution in [-0.4, -0.2) is 3.92 Å². The summed E-state index contributed by atoms with van der Waals surface area (Å²) in [6.45, 7) is 0. The van der Waals surface area contributed by atoms with Gasteiger partial charge in [-0.1, -0.05) is 46.4 Å². The van der Waals surface area contributed by atoms with Gasteiger partial charge in [0.2, 0.25) is 0 Å². The van der Waals surface area contributed by atoms with Crippen LogP contribution in [0.2, 0.25) is 0 Å². The van der Waals surface area contributed by atoms with Gasteiger partial charge in [0.15, 0.2) is 0 Å². The highest BCUT2D eigenvalue weighted by atomic mass is 127. The minimum Gasteiger partial charge on any atom is -0.0876 e. The summed E-state index contributed by atoms with van der Waals surface area (Å²) in [4.78, 5) is 0. The molecule has 0 radical (unpaired) electrons. The Hall–Kier alpha value is 0.210. The Bertz CT molecular complexity index is 191. The van der Waals surface area contributed by atoms with E-state index in [1.54, 1.807) is 5.57 Å². The summed E-state index contributed by atoms with van der Waals surface area (Å²) >= 11 is 2.58. The standard InChI is InChI=1S/C9H11I/c10-9-6-5-7-3-1-2-4-8(7)9/h1-2,5,8-9H,3-4,6H2. The Labute approximate surface area is 75.5 Å². The van der Waals surface area contributed by atoms with Gasteiger partial charge in [0.05, 0.1) is 0 Å². The molecule has 2 unspecified atom stereocenters. The van der Waals surface area contributed by atoms with Gasteiger partial charge in [-0.15, -0.1) is 0 Å². The molecule has 0 heterocycles. The molecule has 0 saturated carbocycles. The fraction of sp³-hybridized carbons (Fsp3) is 0.556. The van der Waals surface area contributed by atoms with Crippen LogP contribution in [0, 0.1) is 5.92 Å². The van der Waals surface area contributed by atoms with E-state index in [4.69, 9.17) is 0 Å². The second-order valence-corrected chi connectivity index (χ2v) is 4.65. The van der Waals surface area contributed by atoms with Gasteiger partial charge in [-0.05, 0) is 25.2 Å². The molecule has 0 aromatic heterocycles. The smallest absolute Gasteiger partial charge is 0.0213 e. The SMILES string of the molecule is IC1CC=C2CC=CCC21. The lowest BCUT2D eigenvalue weighted by Gasteiger charge is -2.19. The molecule has 0 spiro atoms. The topological polar surface area (TPSA) is 0 Å². The van der Waals surface area contributed by atoms with E-state index in [0.717, 1.165) is 9.84 Å². The summed E-state index contributed by atoms with van der Waals surface area (Å²) in [5, 5.41) is 0. The fourth-order valence-corrected chi connectivity index (χ4v) is 2.82. The van der Waals surface area contributed by atoms with E-state index < -0.39 is 0 Å². The second-order valence-electron chi connectivity index (χ2n) is 3.05. The molecule has 54 valence electrons. The fourth-order valence-electron chi connectivity index (χ4n) is 1.81. The molecule has 0 aliphatic heterocycles. The molecule has 0 nitrogen and oxygen atoms in total. The Morgan fingerprint density at radius 2 is 2.20 bits per heavy atom. The molecular weight excluding hydrogens is 235 g/mol. The second kappa shape index (κ2) is 2.68. The molecule has 0 saturated heterocycles. The van der Waals surface area contributed by atoms with Gasteiger partial charge < -0.3 is 0 Å². The maximum absolute atomic E-state index is 2.58. The zero-order valence-electron chi connectivity index (χ0n) is 5.89. The Morgan fingerprint density at radius 3 is 3.00 bits per heavy atom. The van der Waals surface area contributed by atoms with Crippen molar-refractivity contribution in [2.24, 2.45) is 5.92 Å². The zero-order chi connectivity index (χ0) is 6.97. The van der Waals surface area contributed by atoms with Crippen LogP contribution < -0.4 is 0 Å². The first kappa shape index (κ1) is 6.89. The Balaban J connectivity index is 2.20. The van der Waals surface area contributed by atoms with E-state index in [9.17, 15) is 0 Å². The van der Waals surface area contributed by atoms with Crippen LogP contribution in [0.15, 0.2) is 23.8 Å². The van der Waals surface area contributed by atoms with Crippen molar-refractivity contribution in [2.45, 2.75) is 23.2 Å². The molecule has 0 amide bonds. The number of hydrogen-bond acceptors (Lipinski definition) is 0. The van der Waals surface area contributed by atoms with Crippen molar-refractivity contribution in [3.05, 3.63) is 23.8 Å². The lowest BCUT2D eigenvalue weighted by atomic mass is 9.91. The van der Waals surface area contributed by atoms with Crippen LogP contribution in [0.5, 0.6) is 0 Å². The number of hydrogen-bond donors (Lipinski definition) is 0. The Kier molecular flexibility index (Phi) is 1.85. The van der Waals surface area contributed by atoms with E-state index in [1.165, 1.54) is 19.3 Å². The maximum atomic E-state index is 2.58. The summed E-state index contributed by atoms with van der Waals surface area (Å²) < 4.78 is 0.887. The number of allylic oxidation sites excluding steroid dienone is 4. The first-order valence-corrected chi connectivity index (χ1v) is 5.10. The summed E-state index contributed by atoms with van der Waals surface area (Å²) in [5.41, 5.74) is 1.70. The highest BCUT2D eigenvalue weighted by Crippen LogP contribution is 2.38. The monoisotopic (exact) mass is 246 g/mol. The first-order chi connectivity index (χ1) is 4.88. The van der Waals surface area contributed by atoms with Gasteiger partial charge in [-0.2, -0.15) is 0 Å². The molecule has 0 bridgehead atoms. The van der Waals surface area contributed by atoms with Crippen molar-refractivity contribution in [1.82, 2.24) is 0 Å². The highest BCUT2D eigenvalue weighted by molar-refractivity contribution is 14.1. The van der Waals surface area contributed by atoms with Gasteiger partial charge in [-0.3, -0.25) is 0 Å². The van der Waals surface area contributed by atoms with Crippen molar-refractivity contribution >= 4 is 22.6 Å². The zero-order valence-corrected chi connectivity index (χ0v) is 8.04. The maximum Gasteiger partial charge on any atom is 0.0213 e. The van der Waals surface area contributed by atoms with Crippen LogP contribution in [0.25, 0.3) is 0 Å². The summed E-state index contributed by atoms with van der Waals surface area (Å²) in [6.07, 6.45) is 10.9. The lowest BCUT2D eigenvalue weighted by molar-refractivity contribution is 0.622. The highest BCUT2D eigenvalue weighted by Gasteiger charge is 2.26. The number of fused-ring (bicyclic) bond motifs is 1. The molecule has 0 aromatic rings. The molecule has 2 rings (SSSR count). The quantitative estimate of drug-likeness (QED) is 0.350. The minimum atomic E-state index is 0.887. The number of halogens is 1. The molecule has 10 heavy (non-hydrogen) atoms. The Morgan fingerprint density at radius 1 is 1.30 bits per heavy atom. The van der Waals surface area contributed by atoms with E-state index in [2.05, 4.69) is 40.8 Å². The van der Waals surface area contributed by atoms with Crippen LogP contribution in [0.1, 0.15) is 19.3 Å². The summed E-state index contributed by atoms with van der Waals surface area (Å²) in [5.74, 6) is 0.894. The number of rotatable bonds is 0. The van der Waals surface area contributed by atoms with Gasteiger partial charge >= 0.3 is 0 Å². The molecule has 2 aliphatic carbocycles. The predicted molar refractivity (Wildman–Crippen MR) is 52.4 cm³/mol. The third kappa shape index (κ3) is 1.04. The summed E-state index contributed by atoms with van der Waals surface area (Å²) in [7, 11) is 0. The van der Waals surface area contributed by atoms with Crippen LogP contribution in [0.3, 0.4) is 0 Å². The van der Waals surface area contributed by atoms with Gasteiger partial charge in [-0.25, -0.2) is 0 Å². The van der Waals surface area contributed by atoms with Crippen molar-refractivity contribution in [2.75, 3.05) is 0 Å². The predicted octanol–water partition coefficient (Wildman–Crippen LogP) is 3.09. The van der Waals surface area contributed by atoms with Gasteiger partial charge in [0.1, 0.15) is 0 Å². The van der Waals surface area contributed by atoms with Gasteiger partial charge in [0.25, 0.3) is 0 Å². The third-order valence-corrected chi connectivity index (χ3v) is 3.80. The van der Waals surface area contributed by atoms with Crippen molar-refractivity contribution in [3.63, 3.8) is 0 Å². The third-order valence-electron chi connectivity index (χ3n) is 2.43. The van der Waals surface area contributed by atoms with E-state index in [-0.39, 0.29) is 0 Å². The molecule has 0 N–H and O–H groups in total. The van der Waals surface area contributed by atoms with Crippen molar-refractivity contribution in [1.29, 1.82) is 0 Å². The number of alkyl halides is 1. The van der Waals surface area contributed by atoms with E-state index in [1.807, 2.05) is 0 Å². The minimum absolute atomic E-state index is 0.887. The molecule has 1 heteroatoms. The molecule has 0 fully saturated rings. The van der Waals surface area contributed by atoms with Crippen LogP contribution in [-0.2, 0) is 0 Å². The molecule has 0 aromatic carbocycles. The van der Waals surface area contributed by atoms with Gasteiger partial charge in [0, 0.05) is 3.92 Å². The normalized spacial score (nSPS) is 37.5. The lowest BCUT2D eigenvalue weighted by Crippen LogP contribution is -2.11. The summed E-state index contributed by atoms with van der Waals surface area (Å²) in [6, 6.07) is 0. The van der Waals surface area contributed by atoms with E-state index in [0.29, 0.717) is 0 Å². The van der Waals surface area contributed by atoms with Crippen molar-refractivity contribution < 1.29 is 0 Å². The average molecular weight is 246 g/mol. The molecule has 2 aliphatic rings. The van der Waals surface area contributed by atoms with Crippen molar-refractivity contribution in [3.8, 4) is 0 Å². The van der Waals surface area contributed by atoms with E-state index >= 15 is 0 Å². The average Bonchev–Trinajstić information content (AvgIpc) is 2.34. The van der Waals surface area contributed by atoms with Crippen LogP contribution >= 0.6 is 22.6 Å². The molecule has 2 atom stereocenters. The first-order valence-electron chi connectivity index (χ1n) is 3.86. The molecular formula is C9H11I. The largest absolute Gasteiger partial charge is 0.0876 e. The van der Waals surface area contributed by atoms with Crippen LogP contribution in [0.4, 0.5) is 0 Å².